The number of ether oxygens (including phenoxy) is 2. The van der Waals surface area contributed by atoms with Crippen molar-refractivity contribution >= 4 is 12.2 Å². The highest BCUT2D eigenvalue weighted by Crippen LogP contribution is 2.42. The smallest absolute Gasteiger partial charge is 0.410 e. The van der Waals surface area contributed by atoms with Crippen molar-refractivity contribution in [2.24, 2.45) is 11.3 Å². The summed E-state index contributed by atoms with van der Waals surface area (Å²) in [5.74, 6) is 0.392. The van der Waals surface area contributed by atoms with Crippen molar-refractivity contribution in [3.63, 3.8) is 0 Å². The zero-order valence-corrected chi connectivity index (χ0v) is 16.1. The van der Waals surface area contributed by atoms with Gasteiger partial charge < -0.3 is 19.3 Å². The fourth-order valence-electron chi connectivity index (χ4n) is 3.51. The zero-order chi connectivity index (χ0) is 18.3. The standard InChI is InChI=1S/C18H32N2O4/c1-16(2,3)23-14(21)19-9-8-13-10-20(12-18(13,7)11-19)15(22)24-17(4,5)6/h13H,8-12H2,1-7H3/t13-,18-/m0/s1. The Morgan fingerprint density at radius 3 is 1.88 bits per heavy atom. The topological polar surface area (TPSA) is 59.1 Å². The molecule has 0 aromatic rings. The highest BCUT2D eigenvalue weighted by Gasteiger charge is 2.49. The van der Waals surface area contributed by atoms with Crippen molar-refractivity contribution < 1.29 is 19.1 Å². The van der Waals surface area contributed by atoms with Crippen molar-refractivity contribution in [1.82, 2.24) is 9.80 Å². The Bertz CT molecular complexity index is 480. The van der Waals surface area contributed by atoms with Gasteiger partial charge in [-0.05, 0) is 53.9 Å². The molecule has 2 fully saturated rings. The van der Waals surface area contributed by atoms with Crippen LogP contribution in [0.2, 0.25) is 0 Å². The molecule has 0 saturated carbocycles. The minimum Gasteiger partial charge on any atom is -0.444 e. The van der Waals surface area contributed by atoms with Crippen LogP contribution in [-0.4, -0.2) is 59.4 Å². The van der Waals surface area contributed by atoms with Gasteiger partial charge in [-0.2, -0.15) is 0 Å². The van der Waals surface area contributed by atoms with E-state index in [-0.39, 0.29) is 17.6 Å². The molecule has 6 nitrogen and oxygen atoms in total. The third kappa shape index (κ3) is 4.54. The molecule has 2 heterocycles. The normalized spacial score (nSPS) is 27.7. The van der Waals surface area contributed by atoms with Crippen molar-refractivity contribution in [3.05, 3.63) is 0 Å². The second kappa shape index (κ2) is 6.12. The lowest BCUT2D eigenvalue weighted by Crippen LogP contribution is -2.50. The molecule has 0 N–H and O–H groups in total. The van der Waals surface area contributed by atoms with Crippen LogP contribution in [0, 0.1) is 11.3 Å². The van der Waals surface area contributed by atoms with Gasteiger partial charge in [-0.15, -0.1) is 0 Å². The van der Waals surface area contributed by atoms with Crippen LogP contribution in [0.15, 0.2) is 0 Å². The highest BCUT2D eigenvalue weighted by atomic mass is 16.6. The molecule has 0 aromatic heterocycles. The highest BCUT2D eigenvalue weighted by molar-refractivity contribution is 5.70. The van der Waals surface area contributed by atoms with E-state index < -0.39 is 11.2 Å². The van der Waals surface area contributed by atoms with E-state index >= 15 is 0 Å². The Balaban J connectivity index is 2.00. The Morgan fingerprint density at radius 1 is 0.917 bits per heavy atom. The lowest BCUT2D eigenvalue weighted by Gasteiger charge is -2.41. The summed E-state index contributed by atoms with van der Waals surface area (Å²) >= 11 is 0. The first-order chi connectivity index (χ1) is 10.8. The average molecular weight is 340 g/mol. The number of rotatable bonds is 0. The van der Waals surface area contributed by atoms with Crippen LogP contribution in [0.4, 0.5) is 9.59 Å². The van der Waals surface area contributed by atoms with Crippen LogP contribution >= 0.6 is 0 Å². The van der Waals surface area contributed by atoms with E-state index in [2.05, 4.69) is 6.92 Å². The molecule has 24 heavy (non-hydrogen) atoms. The summed E-state index contributed by atoms with van der Waals surface area (Å²) in [6.45, 7) is 16.0. The number of likely N-dealkylation sites (tertiary alicyclic amines) is 2. The number of carbonyl (C=O) groups is 2. The van der Waals surface area contributed by atoms with Crippen LogP contribution < -0.4 is 0 Å². The SMILES string of the molecule is CC(C)(C)OC(=O)N1CC[C@H]2CN(C(=O)OC(C)(C)C)C[C@]2(C)C1. The van der Waals surface area contributed by atoms with Gasteiger partial charge in [-0.1, -0.05) is 6.92 Å². The largest absolute Gasteiger partial charge is 0.444 e. The van der Waals surface area contributed by atoms with Crippen molar-refractivity contribution in [3.8, 4) is 0 Å². The molecule has 2 aliphatic heterocycles. The molecule has 0 aliphatic carbocycles. The molecule has 0 aromatic carbocycles. The lowest BCUT2D eigenvalue weighted by atomic mass is 9.75. The molecule has 2 amide bonds. The number of fused-ring (bicyclic) bond motifs is 1. The summed E-state index contributed by atoms with van der Waals surface area (Å²) in [6.07, 6.45) is 0.356. The molecule has 6 heteroatoms. The van der Waals surface area contributed by atoms with Crippen molar-refractivity contribution in [1.29, 1.82) is 0 Å². The van der Waals surface area contributed by atoms with Gasteiger partial charge in [-0.25, -0.2) is 9.59 Å². The number of nitrogens with zero attached hydrogens (tertiary/aromatic N) is 2. The fraction of sp³-hybridized carbons (Fsp3) is 0.889. The third-order valence-electron chi connectivity index (χ3n) is 4.58. The van der Waals surface area contributed by atoms with E-state index in [9.17, 15) is 9.59 Å². The van der Waals surface area contributed by atoms with E-state index in [0.717, 1.165) is 6.42 Å². The second-order valence-electron chi connectivity index (χ2n) is 9.40. The summed E-state index contributed by atoms with van der Waals surface area (Å²) in [4.78, 5) is 28.3. The minimum atomic E-state index is -0.493. The summed E-state index contributed by atoms with van der Waals surface area (Å²) in [7, 11) is 0. The molecule has 0 unspecified atom stereocenters. The van der Waals surface area contributed by atoms with Gasteiger partial charge in [0, 0.05) is 31.6 Å². The minimum absolute atomic E-state index is 0.105. The summed E-state index contributed by atoms with van der Waals surface area (Å²) < 4.78 is 11.0. The second-order valence-corrected chi connectivity index (χ2v) is 9.40. The van der Waals surface area contributed by atoms with Gasteiger partial charge in [-0.3, -0.25) is 0 Å². The monoisotopic (exact) mass is 340 g/mol. The molecule has 2 aliphatic rings. The van der Waals surface area contributed by atoms with Gasteiger partial charge in [0.15, 0.2) is 0 Å². The Hall–Kier alpha value is -1.46. The lowest BCUT2D eigenvalue weighted by molar-refractivity contribution is 0.000818. The fourth-order valence-corrected chi connectivity index (χ4v) is 3.51. The molecule has 0 radical (unpaired) electrons. The summed E-state index contributed by atoms with van der Waals surface area (Å²) in [5, 5.41) is 0. The molecule has 2 rings (SSSR count). The molecule has 0 bridgehead atoms. The van der Waals surface area contributed by atoms with Gasteiger partial charge in [0.05, 0.1) is 0 Å². The van der Waals surface area contributed by atoms with Crippen molar-refractivity contribution in [2.45, 2.75) is 66.1 Å². The van der Waals surface area contributed by atoms with E-state index in [1.54, 1.807) is 9.80 Å². The predicted molar refractivity (Wildman–Crippen MR) is 91.8 cm³/mol. The number of hydrogen-bond donors (Lipinski definition) is 0. The Labute approximate surface area is 145 Å². The van der Waals surface area contributed by atoms with Crippen molar-refractivity contribution in [2.75, 3.05) is 26.2 Å². The van der Waals surface area contributed by atoms with Crippen LogP contribution in [-0.2, 0) is 9.47 Å². The third-order valence-corrected chi connectivity index (χ3v) is 4.58. The summed E-state index contributed by atoms with van der Waals surface area (Å²) in [6, 6.07) is 0. The maximum Gasteiger partial charge on any atom is 0.410 e. The first kappa shape index (κ1) is 18.9. The maximum absolute atomic E-state index is 12.3. The van der Waals surface area contributed by atoms with E-state index in [0.29, 0.717) is 32.1 Å². The number of carbonyl (C=O) groups excluding carboxylic acids is 2. The van der Waals surface area contributed by atoms with Crippen LogP contribution in [0.5, 0.6) is 0 Å². The molecule has 138 valence electrons. The average Bonchev–Trinajstić information content (AvgIpc) is 2.71. The number of hydrogen-bond acceptors (Lipinski definition) is 4. The van der Waals surface area contributed by atoms with E-state index in [4.69, 9.17) is 9.47 Å². The van der Waals surface area contributed by atoms with E-state index in [1.165, 1.54) is 0 Å². The molecule has 2 atom stereocenters. The first-order valence-corrected chi connectivity index (χ1v) is 8.75. The molecule has 0 spiro atoms. The molecular formula is C18H32N2O4. The maximum atomic E-state index is 12.3. The van der Waals surface area contributed by atoms with Gasteiger partial charge in [0.25, 0.3) is 0 Å². The van der Waals surface area contributed by atoms with E-state index in [1.807, 2.05) is 41.5 Å². The summed E-state index contributed by atoms with van der Waals surface area (Å²) in [5.41, 5.74) is -1.09. The first-order valence-electron chi connectivity index (χ1n) is 8.75. The Morgan fingerprint density at radius 2 is 1.38 bits per heavy atom. The van der Waals surface area contributed by atoms with Gasteiger partial charge in [0.1, 0.15) is 11.2 Å². The quantitative estimate of drug-likeness (QED) is 0.677. The molecule has 2 saturated heterocycles. The zero-order valence-electron chi connectivity index (χ0n) is 16.1. The van der Waals surface area contributed by atoms with Crippen LogP contribution in [0.25, 0.3) is 0 Å². The van der Waals surface area contributed by atoms with Crippen LogP contribution in [0.3, 0.4) is 0 Å². The van der Waals surface area contributed by atoms with Gasteiger partial charge >= 0.3 is 12.2 Å². The molecular weight excluding hydrogens is 308 g/mol. The van der Waals surface area contributed by atoms with Gasteiger partial charge in [0.2, 0.25) is 0 Å². The number of piperidine rings is 1. The number of amides is 2. The Kier molecular flexibility index (Phi) is 4.81. The van der Waals surface area contributed by atoms with Crippen LogP contribution in [0.1, 0.15) is 54.9 Å². The predicted octanol–water partition coefficient (Wildman–Crippen LogP) is 3.50.